The van der Waals surface area contributed by atoms with Gasteiger partial charge in [0.25, 0.3) is 0 Å². The van der Waals surface area contributed by atoms with Crippen LogP contribution in [0.5, 0.6) is 0 Å². The number of carbonyl (C=O) groups excluding carboxylic acids is 1. The number of nitrogens with two attached hydrogens (primary N) is 1. The van der Waals surface area contributed by atoms with E-state index in [-0.39, 0.29) is 17.6 Å². The quantitative estimate of drug-likeness (QED) is 0.682. The van der Waals surface area contributed by atoms with Crippen LogP contribution in [0.15, 0.2) is 30.3 Å². The standard InChI is InChI=1S/C16H25N3O3S/c17-16(20)15-8-4-10-19(12-15)11-5-9-18-23(21,22)13-14-6-2-1-3-7-14/h1-3,6-7,15,18H,4-5,8-13H2,(H2,17,20)/t15-/m1/s1. The van der Waals surface area contributed by atoms with Crippen LogP contribution in [0.4, 0.5) is 0 Å². The maximum Gasteiger partial charge on any atom is 0.221 e. The van der Waals surface area contributed by atoms with Gasteiger partial charge >= 0.3 is 0 Å². The summed E-state index contributed by atoms with van der Waals surface area (Å²) in [5.74, 6) is -0.307. The van der Waals surface area contributed by atoms with Crippen molar-refractivity contribution in [2.75, 3.05) is 26.2 Å². The molecule has 6 nitrogen and oxygen atoms in total. The van der Waals surface area contributed by atoms with Gasteiger partial charge < -0.3 is 10.6 Å². The summed E-state index contributed by atoms with van der Waals surface area (Å²) in [5.41, 5.74) is 6.14. The molecule has 0 saturated carbocycles. The topological polar surface area (TPSA) is 92.5 Å². The Balaban J connectivity index is 1.69. The van der Waals surface area contributed by atoms with E-state index < -0.39 is 10.0 Å². The van der Waals surface area contributed by atoms with Gasteiger partial charge in [-0.1, -0.05) is 30.3 Å². The van der Waals surface area contributed by atoms with E-state index in [1.807, 2.05) is 18.2 Å². The summed E-state index contributed by atoms with van der Waals surface area (Å²) >= 11 is 0. The predicted molar refractivity (Wildman–Crippen MR) is 90.0 cm³/mol. The molecule has 3 N–H and O–H groups in total. The Kier molecular flexibility index (Phi) is 6.56. The van der Waals surface area contributed by atoms with Gasteiger partial charge in [-0.15, -0.1) is 0 Å². The van der Waals surface area contributed by atoms with Gasteiger partial charge in [0, 0.05) is 13.1 Å². The summed E-state index contributed by atoms with van der Waals surface area (Å²) in [6.07, 6.45) is 2.54. The fraction of sp³-hybridized carbons (Fsp3) is 0.562. The van der Waals surface area contributed by atoms with Gasteiger partial charge in [-0.2, -0.15) is 0 Å². The molecule has 128 valence electrons. The number of piperidine rings is 1. The second kappa shape index (κ2) is 8.42. The van der Waals surface area contributed by atoms with Crippen LogP contribution >= 0.6 is 0 Å². The summed E-state index contributed by atoms with van der Waals surface area (Å²) in [6, 6.07) is 9.13. The normalized spacial score (nSPS) is 19.6. The van der Waals surface area contributed by atoms with Crippen molar-refractivity contribution in [1.29, 1.82) is 0 Å². The second-order valence-electron chi connectivity index (χ2n) is 6.03. The maximum atomic E-state index is 12.0. The Hall–Kier alpha value is -1.44. The Morgan fingerprint density at radius 2 is 2.04 bits per heavy atom. The van der Waals surface area contributed by atoms with Crippen molar-refractivity contribution >= 4 is 15.9 Å². The predicted octanol–water partition coefficient (Wildman–Crippen LogP) is 0.693. The van der Waals surface area contributed by atoms with Crippen molar-refractivity contribution in [3.63, 3.8) is 0 Å². The highest BCUT2D eigenvalue weighted by molar-refractivity contribution is 7.88. The molecule has 0 bridgehead atoms. The van der Waals surface area contributed by atoms with E-state index >= 15 is 0 Å². The molecular weight excluding hydrogens is 314 g/mol. The zero-order chi connectivity index (χ0) is 16.7. The van der Waals surface area contributed by atoms with E-state index in [4.69, 9.17) is 5.73 Å². The molecule has 0 spiro atoms. The number of nitrogens with zero attached hydrogens (tertiary/aromatic N) is 1. The number of hydrogen-bond acceptors (Lipinski definition) is 4. The smallest absolute Gasteiger partial charge is 0.221 e. The third-order valence-electron chi connectivity index (χ3n) is 4.08. The molecule has 1 aromatic carbocycles. The van der Waals surface area contributed by atoms with Crippen LogP contribution in [0.1, 0.15) is 24.8 Å². The summed E-state index contributed by atoms with van der Waals surface area (Å²) in [5, 5.41) is 0. The lowest BCUT2D eigenvalue weighted by Crippen LogP contribution is -2.42. The number of nitrogens with one attached hydrogen (secondary N) is 1. The molecule has 1 atom stereocenters. The highest BCUT2D eigenvalue weighted by Crippen LogP contribution is 2.15. The second-order valence-corrected chi connectivity index (χ2v) is 7.84. The SMILES string of the molecule is NC(=O)[C@@H]1CCCN(CCCNS(=O)(=O)Cc2ccccc2)C1. The zero-order valence-electron chi connectivity index (χ0n) is 13.3. The van der Waals surface area contributed by atoms with E-state index in [1.165, 1.54) is 0 Å². The van der Waals surface area contributed by atoms with Crippen LogP contribution in [-0.2, 0) is 20.6 Å². The monoisotopic (exact) mass is 339 g/mol. The number of hydrogen-bond donors (Lipinski definition) is 2. The summed E-state index contributed by atoms with van der Waals surface area (Å²) in [6.45, 7) is 2.82. The highest BCUT2D eigenvalue weighted by atomic mass is 32.2. The summed E-state index contributed by atoms with van der Waals surface area (Å²) < 4.78 is 26.6. The Bertz CT molecular complexity index is 604. The van der Waals surface area contributed by atoms with E-state index in [9.17, 15) is 13.2 Å². The molecule has 0 aromatic heterocycles. The molecule has 7 heteroatoms. The molecular formula is C16H25N3O3S. The van der Waals surface area contributed by atoms with Crippen LogP contribution in [0.25, 0.3) is 0 Å². The molecule has 1 aliphatic rings. The number of amides is 1. The number of likely N-dealkylation sites (tertiary alicyclic amines) is 1. The van der Waals surface area contributed by atoms with Crippen molar-refractivity contribution in [2.45, 2.75) is 25.0 Å². The summed E-state index contributed by atoms with van der Waals surface area (Å²) in [4.78, 5) is 13.4. The molecule has 1 aliphatic heterocycles. The molecule has 23 heavy (non-hydrogen) atoms. The Labute approximate surface area is 138 Å². The van der Waals surface area contributed by atoms with Crippen molar-refractivity contribution in [2.24, 2.45) is 11.7 Å². The largest absolute Gasteiger partial charge is 0.369 e. The van der Waals surface area contributed by atoms with Crippen molar-refractivity contribution in [3.05, 3.63) is 35.9 Å². The molecule has 1 amide bonds. The Morgan fingerprint density at radius 1 is 1.30 bits per heavy atom. The minimum Gasteiger partial charge on any atom is -0.369 e. The first-order chi connectivity index (χ1) is 11.0. The molecule has 0 aliphatic carbocycles. The average molecular weight is 339 g/mol. The minimum atomic E-state index is -3.30. The van der Waals surface area contributed by atoms with Gasteiger partial charge in [0.15, 0.2) is 0 Å². The van der Waals surface area contributed by atoms with Crippen LogP contribution in [0, 0.1) is 5.92 Å². The van der Waals surface area contributed by atoms with Gasteiger partial charge in [-0.25, -0.2) is 13.1 Å². The van der Waals surface area contributed by atoms with Gasteiger partial charge in [0.05, 0.1) is 11.7 Å². The maximum absolute atomic E-state index is 12.0. The Morgan fingerprint density at radius 3 is 2.74 bits per heavy atom. The number of primary amides is 1. The fourth-order valence-electron chi connectivity index (χ4n) is 2.87. The molecule has 1 aromatic rings. The lowest BCUT2D eigenvalue weighted by atomic mass is 9.97. The molecule has 0 radical (unpaired) electrons. The van der Waals surface area contributed by atoms with E-state index in [1.54, 1.807) is 12.1 Å². The number of benzene rings is 1. The molecule has 1 saturated heterocycles. The lowest BCUT2D eigenvalue weighted by Gasteiger charge is -2.31. The first kappa shape index (κ1) is 17.9. The van der Waals surface area contributed by atoms with Gasteiger partial charge in [0.2, 0.25) is 15.9 Å². The third-order valence-corrected chi connectivity index (χ3v) is 5.44. The fourth-order valence-corrected chi connectivity index (χ4v) is 4.05. The van der Waals surface area contributed by atoms with Crippen LogP contribution in [-0.4, -0.2) is 45.4 Å². The van der Waals surface area contributed by atoms with Crippen molar-refractivity contribution < 1.29 is 13.2 Å². The summed E-state index contributed by atoms with van der Waals surface area (Å²) in [7, 11) is -3.30. The van der Waals surface area contributed by atoms with E-state index in [0.717, 1.165) is 37.9 Å². The molecule has 0 unspecified atom stereocenters. The first-order valence-corrected chi connectivity index (χ1v) is 9.64. The molecule has 2 rings (SSSR count). The average Bonchev–Trinajstić information content (AvgIpc) is 2.52. The van der Waals surface area contributed by atoms with Crippen molar-refractivity contribution in [3.8, 4) is 0 Å². The van der Waals surface area contributed by atoms with Crippen LogP contribution in [0.2, 0.25) is 0 Å². The van der Waals surface area contributed by atoms with Gasteiger partial charge in [-0.3, -0.25) is 4.79 Å². The molecule has 1 heterocycles. The van der Waals surface area contributed by atoms with Crippen LogP contribution in [0.3, 0.4) is 0 Å². The number of sulfonamides is 1. The number of carbonyl (C=O) groups is 1. The lowest BCUT2D eigenvalue weighted by molar-refractivity contribution is -0.123. The number of rotatable bonds is 8. The van der Waals surface area contributed by atoms with Gasteiger partial charge in [-0.05, 0) is 37.9 Å². The highest BCUT2D eigenvalue weighted by Gasteiger charge is 2.23. The van der Waals surface area contributed by atoms with Crippen molar-refractivity contribution in [1.82, 2.24) is 9.62 Å². The molecule has 1 fully saturated rings. The minimum absolute atomic E-state index is 0.00129. The zero-order valence-corrected chi connectivity index (χ0v) is 14.1. The van der Waals surface area contributed by atoms with Crippen LogP contribution < -0.4 is 10.5 Å². The van der Waals surface area contributed by atoms with E-state index in [0.29, 0.717) is 13.1 Å². The third kappa shape index (κ3) is 6.29. The van der Waals surface area contributed by atoms with E-state index in [2.05, 4.69) is 9.62 Å². The van der Waals surface area contributed by atoms with Gasteiger partial charge in [0.1, 0.15) is 0 Å². The first-order valence-electron chi connectivity index (χ1n) is 7.99.